The van der Waals surface area contributed by atoms with Crippen molar-refractivity contribution in [2.24, 2.45) is 0 Å². The molecule has 0 saturated heterocycles. The summed E-state index contributed by atoms with van der Waals surface area (Å²) in [6.07, 6.45) is 0. The molecule has 6 nitrogen and oxygen atoms in total. The van der Waals surface area contributed by atoms with E-state index in [4.69, 9.17) is 18.3 Å². The zero-order valence-corrected chi connectivity index (χ0v) is 14.1. The van der Waals surface area contributed by atoms with Crippen LogP contribution in [-0.2, 0) is 0 Å². The summed E-state index contributed by atoms with van der Waals surface area (Å²) in [6.45, 7) is 0. The van der Waals surface area contributed by atoms with Crippen LogP contribution in [0.25, 0.3) is 33.1 Å². The van der Waals surface area contributed by atoms with Crippen molar-refractivity contribution < 1.29 is 18.3 Å². The third kappa shape index (κ3) is 2.52. The number of methoxy groups -OCH3 is 2. The maximum absolute atomic E-state index is 11.8. The summed E-state index contributed by atoms with van der Waals surface area (Å²) in [5.74, 6) is 0.992. The van der Waals surface area contributed by atoms with E-state index < -0.39 is 11.3 Å². The Bertz CT molecular complexity index is 1250. The van der Waals surface area contributed by atoms with Gasteiger partial charge in [0.15, 0.2) is 0 Å². The fraction of sp³-hybridized carbons (Fsp3) is 0.100. The second kappa shape index (κ2) is 6.07. The highest BCUT2D eigenvalue weighted by Crippen LogP contribution is 2.42. The molecule has 130 valence electrons. The molecule has 4 rings (SSSR count). The Labute approximate surface area is 147 Å². The number of benzene rings is 2. The normalized spacial score (nSPS) is 11.0. The van der Waals surface area contributed by atoms with Crippen LogP contribution < -0.4 is 20.7 Å². The molecule has 0 N–H and O–H groups in total. The van der Waals surface area contributed by atoms with Crippen LogP contribution >= 0.6 is 0 Å². The van der Waals surface area contributed by atoms with Crippen LogP contribution in [0.15, 0.2) is 67.0 Å². The predicted octanol–water partition coefficient (Wildman–Crippen LogP) is 3.58. The van der Waals surface area contributed by atoms with Crippen LogP contribution in [0.2, 0.25) is 0 Å². The van der Waals surface area contributed by atoms with Gasteiger partial charge >= 0.3 is 11.3 Å². The molecule has 0 aliphatic rings. The number of ether oxygens (including phenoxy) is 2. The molecule has 0 amide bonds. The first-order chi connectivity index (χ1) is 12.6. The van der Waals surface area contributed by atoms with E-state index >= 15 is 0 Å². The summed E-state index contributed by atoms with van der Waals surface area (Å²) in [4.78, 5) is 23.3. The summed E-state index contributed by atoms with van der Waals surface area (Å²) in [5, 5.41) is 1.46. The van der Waals surface area contributed by atoms with Crippen molar-refractivity contribution in [1.82, 2.24) is 0 Å². The average Bonchev–Trinajstić information content (AvgIpc) is 2.65. The molecule has 6 heteroatoms. The second-order valence-electron chi connectivity index (χ2n) is 5.66. The Morgan fingerprint density at radius 3 is 2.12 bits per heavy atom. The Morgan fingerprint density at radius 2 is 1.38 bits per heavy atom. The highest BCUT2D eigenvalue weighted by molar-refractivity contribution is 6.00. The number of fused-ring (bicyclic) bond motifs is 2. The van der Waals surface area contributed by atoms with Gasteiger partial charge in [-0.15, -0.1) is 0 Å². The molecule has 26 heavy (non-hydrogen) atoms. The summed E-state index contributed by atoms with van der Waals surface area (Å²) >= 11 is 0. The lowest BCUT2D eigenvalue weighted by Gasteiger charge is -2.14. The Morgan fingerprint density at radius 1 is 0.731 bits per heavy atom. The lowest BCUT2D eigenvalue weighted by Crippen LogP contribution is -1.99. The van der Waals surface area contributed by atoms with Gasteiger partial charge in [-0.25, -0.2) is 9.59 Å². The lowest BCUT2D eigenvalue weighted by molar-refractivity contribution is 0.409. The second-order valence-corrected chi connectivity index (χ2v) is 5.66. The standard InChI is InChI=1S/C20H14O6/c1-23-14-6-3-11-4-7-18(22)26-20(11)19(14)13-9-12-5-8-17(21)25-15(12)10-16(13)24-2/h3-10H,1-2H3. The molecule has 0 fully saturated rings. The average molecular weight is 350 g/mol. The highest BCUT2D eigenvalue weighted by Gasteiger charge is 2.19. The first-order valence-electron chi connectivity index (χ1n) is 7.84. The maximum Gasteiger partial charge on any atom is 0.336 e. The molecule has 2 heterocycles. The van der Waals surface area contributed by atoms with E-state index in [1.165, 1.54) is 26.4 Å². The number of hydrogen-bond donors (Lipinski definition) is 0. The third-order valence-electron chi connectivity index (χ3n) is 4.18. The Hall–Kier alpha value is -3.54. The molecule has 0 bridgehead atoms. The van der Waals surface area contributed by atoms with Gasteiger partial charge in [0.25, 0.3) is 0 Å². The van der Waals surface area contributed by atoms with Gasteiger partial charge in [0.2, 0.25) is 0 Å². The molecule has 0 aliphatic carbocycles. The van der Waals surface area contributed by atoms with E-state index in [-0.39, 0.29) is 0 Å². The minimum absolute atomic E-state index is 0.395. The first-order valence-corrected chi connectivity index (χ1v) is 7.84. The van der Waals surface area contributed by atoms with Crippen LogP contribution in [0.1, 0.15) is 0 Å². The quantitative estimate of drug-likeness (QED) is 0.526. The first kappa shape index (κ1) is 16.0. The van der Waals surface area contributed by atoms with E-state index in [0.717, 1.165) is 5.39 Å². The zero-order valence-electron chi connectivity index (χ0n) is 14.1. The zero-order chi connectivity index (χ0) is 18.3. The fourth-order valence-electron chi connectivity index (χ4n) is 3.00. The van der Waals surface area contributed by atoms with E-state index in [1.807, 2.05) is 6.07 Å². The summed E-state index contributed by atoms with van der Waals surface area (Å²) < 4.78 is 21.7. The van der Waals surface area contributed by atoms with E-state index in [1.54, 1.807) is 30.3 Å². The van der Waals surface area contributed by atoms with Gasteiger partial charge < -0.3 is 18.3 Å². The van der Waals surface area contributed by atoms with Crippen LogP contribution in [0.4, 0.5) is 0 Å². The molecular formula is C20H14O6. The molecule has 2 aromatic carbocycles. The van der Waals surface area contributed by atoms with E-state index in [2.05, 4.69) is 0 Å². The third-order valence-corrected chi connectivity index (χ3v) is 4.18. The minimum Gasteiger partial charge on any atom is -0.496 e. The van der Waals surface area contributed by atoms with Crippen molar-refractivity contribution in [2.75, 3.05) is 14.2 Å². The van der Waals surface area contributed by atoms with Crippen molar-refractivity contribution in [1.29, 1.82) is 0 Å². The maximum atomic E-state index is 11.8. The molecule has 2 aromatic heterocycles. The van der Waals surface area contributed by atoms with Crippen molar-refractivity contribution in [3.63, 3.8) is 0 Å². The predicted molar refractivity (Wildman–Crippen MR) is 97.1 cm³/mol. The SMILES string of the molecule is COc1cc2oc(=O)ccc2cc1-c1c(OC)ccc2ccc(=O)oc12. The monoisotopic (exact) mass is 350 g/mol. The van der Waals surface area contributed by atoms with Crippen molar-refractivity contribution in [3.05, 3.63) is 69.4 Å². The number of hydrogen-bond acceptors (Lipinski definition) is 6. The molecule has 4 aromatic rings. The van der Waals surface area contributed by atoms with Gasteiger partial charge in [0.1, 0.15) is 22.7 Å². The smallest absolute Gasteiger partial charge is 0.336 e. The Balaban J connectivity index is 2.15. The van der Waals surface area contributed by atoms with Gasteiger partial charge in [0, 0.05) is 34.5 Å². The summed E-state index contributed by atoms with van der Waals surface area (Å²) in [5.41, 5.74) is 1.14. The van der Waals surface area contributed by atoms with E-state index in [0.29, 0.717) is 39.2 Å². The molecular weight excluding hydrogens is 336 g/mol. The topological polar surface area (TPSA) is 78.9 Å². The van der Waals surface area contributed by atoms with Crippen LogP contribution in [0.3, 0.4) is 0 Å². The lowest BCUT2D eigenvalue weighted by atomic mass is 9.99. The molecule has 0 aliphatic heterocycles. The molecule has 0 saturated carbocycles. The van der Waals surface area contributed by atoms with Crippen molar-refractivity contribution >= 4 is 21.9 Å². The molecule has 0 unspecified atom stereocenters. The summed E-state index contributed by atoms with van der Waals surface area (Å²) in [7, 11) is 3.05. The van der Waals surface area contributed by atoms with Crippen molar-refractivity contribution in [2.45, 2.75) is 0 Å². The minimum atomic E-state index is -0.460. The number of rotatable bonds is 3. The van der Waals surface area contributed by atoms with E-state index in [9.17, 15) is 9.59 Å². The summed E-state index contributed by atoms with van der Waals surface area (Å²) in [6, 6.07) is 13.1. The molecule has 0 radical (unpaired) electrons. The van der Waals surface area contributed by atoms with Gasteiger partial charge in [-0.2, -0.15) is 0 Å². The van der Waals surface area contributed by atoms with Gasteiger partial charge in [-0.3, -0.25) is 0 Å². The Kier molecular flexibility index (Phi) is 3.73. The molecule has 0 spiro atoms. The van der Waals surface area contributed by atoms with Crippen LogP contribution in [-0.4, -0.2) is 14.2 Å². The van der Waals surface area contributed by atoms with Crippen LogP contribution in [0, 0.1) is 0 Å². The molecule has 0 atom stereocenters. The fourth-order valence-corrected chi connectivity index (χ4v) is 3.00. The largest absolute Gasteiger partial charge is 0.496 e. The van der Waals surface area contributed by atoms with Gasteiger partial charge in [-0.1, -0.05) is 0 Å². The van der Waals surface area contributed by atoms with Gasteiger partial charge in [-0.05, 0) is 30.3 Å². The van der Waals surface area contributed by atoms with Crippen molar-refractivity contribution in [3.8, 4) is 22.6 Å². The van der Waals surface area contributed by atoms with Crippen LogP contribution in [0.5, 0.6) is 11.5 Å². The van der Waals surface area contributed by atoms with Gasteiger partial charge in [0.05, 0.1) is 19.8 Å². The highest BCUT2D eigenvalue weighted by atomic mass is 16.5.